The molecule has 0 atom stereocenters. The lowest BCUT2D eigenvalue weighted by Crippen LogP contribution is -2.29. The van der Waals surface area contributed by atoms with E-state index in [0.717, 1.165) is 12.8 Å². The number of unbranched alkanes of at least 4 members (excludes halogenated alkanes) is 9. The van der Waals surface area contributed by atoms with Crippen LogP contribution >= 0.6 is 0 Å². The molecule has 0 aliphatic carbocycles. The highest BCUT2D eigenvalue weighted by Crippen LogP contribution is 2.10. The first-order valence-electron chi connectivity index (χ1n) is 8.85. The van der Waals surface area contributed by atoms with Gasteiger partial charge in [-0.3, -0.25) is 15.0 Å². The Bertz CT molecular complexity index is 283. The number of esters is 1. The van der Waals surface area contributed by atoms with Crippen LogP contribution in [-0.4, -0.2) is 18.5 Å². The minimum Gasteiger partial charge on any atom is -0.466 e. The number of hydrazine groups is 1. The summed E-state index contributed by atoms with van der Waals surface area (Å²) >= 11 is 0. The summed E-state index contributed by atoms with van der Waals surface area (Å²) in [6.07, 6.45) is 13.5. The summed E-state index contributed by atoms with van der Waals surface area (Å²) in [5, 5.41) is 0. The molecule has 1 amide bonds. The molecule has 0 aliphatic heterocycles. The third kappa shape index (κ3) is 15.3. The van der Waals surface area contributed by atoms with Gasteiger partial charge in [0.2, 0.25) is 5.91 Å². The molecule has 0 aliphatic rings. The number of carbonyl (C=O) groups is 2. The maximum absolute atomic E-state index is 11.5. The second-order valence-electron chi connectivity index (χ2n) is 5.82. The maximum Gasteiger partial charge on any atom is 0.305 e. The number of hydrogen-bond acceptors (Lipinski definition) is 4. The zero-order valence-corrected chi connectivity index (χ0v) is 14.2. The molecule has 0 unspecified atom stereocenters. The summed E-state index contributed by atoms with van der Waals surface area (Å²) in [4.78, 5) is 22.3. The Hall–Kier alpha value is -1.10. The summed E-state index contributed by atoms with van der Waals surface area (Å²) in [5.41, 5.74) is 2.08. The van der Waals surface area contributed by atoms with Crippen LogP contribution in [0.15, 0.2) is 0 Å². The highest BCUT2D eigenvalue weighted by atomic mass is 16.5. The number of nitrogens with one attached hydrogen (secondary N) is 1. The van der Waals surface area contributed by atoms with E-state index in [2.05, 4.69) is 12.3 Å². The molecule has 5 heteroatoms. The van der Waals surface area contributed by atoms with Crippen molar-refractivity contribution >= 4 is 11.9 Å². The lowest BCUT2D eigenvalue weighted by Gasteiger charge is -2.05. The van der Waals surface area contributed by atoms with E-state index in [-0.39, 0.29) is 11.9 Å². The predicted molar refractivity (Wildman–Crippen MR) is 89.0 cm³/mol. The highest BCUT2D eigenvalue weighted by Gasteiger charge is 2.03. The van der Waals surface area contributed by atoms with E-state index in [1.807, 2.05) is 0 Å². The fourth-order valence-electron chi connectivity index (χ4n) is 2.30. The van der Waals surface area contributed by atoms with Crippen LogP contribution < -0.4 is 11.3 Å². The second kappa shape index (κ2) is 16.3. The van der Waals surface area contributed by atoms with Crippen LogP contribution in [0.1, 0.15) is 90.4 Å². The molecule has 0 aromatic carbocycles. The number of amides is 1. The van der Waals surface area contributed by atoms with Crippen LogP contribution in [0, 0.1) is 0 Å². The monoisotopic (exact) mass is 314 g/mol. The van der Waals surface area contributed by atoms with Gasteiger partial charge in [-0.25, -0.2) is 5.84 Å². The van der Waals surface area contributed by atoms with Crippen LogP contribution in [0.5, 0.6) is 0 Å². The van der Waals surface area contributed by atoms with Crippen molar-refractivity contribution in [3.05, 3.63) is 0 Å². The molecule has 5 nitrogen and oxygen atoms in total. The van der Waals surface area contributed by atoms with Crippen molar-refractivity contribution in [2.75, 3.05) is 6.61 Å². The van der Waals surface area contributed by atoms with Crippen LogP contribution in [0.4, 0.5) is 0 Å². The van der Waals surface area contributed by atoms with Gasteiger partial charge in [0.15, 0.2) is 0 Å². The first-order valence-corrected chi connectivity index (χ1v) is 8.85. The van der Waals surface area contributed by atoms with Crippen molar-refractivity contribution in [3.8, 4) is 0 Å². The smallest absolute Gasteiger partial charge is 0.305 e. The van der Waals surface area contributed by atoms with Gasteiger partial charge in [0.25, 0.3) is 0 Å². The molecule has 0 saturated carbocycles. The van der Waals surface area contributed by atoms with Crippen molar-refractivity contribution in [2.24, 2.45) is 5.84 Å². The number of nitrogens with two attached hydrogens (primary N) is 1. The minimum absolute atomic E-state index is 0.119. The van der Waals surface area contributed by atoms with Gasteiger partial charge in [-0.05, 0) is 19.3 Å². The van der Waals surface area contributed by atoms with Gasteiger partial charge in [-0.2, -0.15) is 0 Å². The number of ether oxygens (including phenoxy) is 1. The predicted octanol–water partition coefficient (Wildman–Crippen LogP) is 3.61. The molecule has 22 heavy (non-hydrogen) atoms. The van der Waals surface area contributed by atoms with E-state index in [4.69, 9.17) is 10.6 Å². The lowest BCUT2D eigenvalue weighted by atomic mass is 10.1. The van der Waals surface area contributed by atoms with E-state index < -0.39 is 0 Å². The summed E-state index contributed by atoms with van der Waals surface area (Å²) < 4.78 is 5.13. The fraction of sp³-hybridized carbons (Fsp3) is 0.882. The molecule has 0 bridgehead atoms. The van der Waals surface area contributed by atoms with Gasteiger partial charge in [-0.15, -0.1) is 0 Å². The van der Waals surface area contributed by atoms with Crippen LogP contribution in [0.3, 0.4) is 0 Å². The van der Waals surface area contributed by atoms with Crippen LogP contribution in [-0.2, 0) is 14.3 Å². The fourth-order valence-corrected chi connectivity index (χ4v) is 2.30. The van der Waals surface area contributed by atoms with Crippen molar-refractivity contribution in [2.45, 2.75) is 90.4 Å². The molecule has 0 rings (SSSR count). The Labute approximate surface area is 135 Å². The quantitative estimate of drug-likeness (QED) is 0.159. The molecular formula is C17H34N2O3. The van der Waals surface area contributed by atoms with Crippen molar-refractivity contribution in [1.82, 2.24) is 5.43 Å². The van der Waals surface area contributed by atoms with Gasteiger partial charge in [0.1, 0.15) is 0 Å². The number of rotatable bonds is 15. The summed E-state index contributed by atoms with van der Waals surface area (Å²) in [6, 6.07) is 0. The molecule has 0 saturated heterocycles. The molecule has 0 aromatic heterocycles. The van der Waals surface area contributed by atoms with Gasteiger partial charge < -0.3 is 4.74 Å². The lowest BCUT2D eigenvalue weighted by molar-refractivity contribution is -0.143. The third-order valence-corrected chi connectivity index (χ3v) is 3.71. The number of hydrogen-bond donors (Lipinski definition) is 2. The van der Waals surface area contributed by atoms with Crippen molar-refractivity contribution < 1.29 is 14.3 Å². The van der Waals surface area contributed by atoms with Gasteiger partial charge in [0, 0.05) is 12.8 Å². The number of carbonyl (C=O) groups excluding carboxylic acids is 2. The Morgan fingerprint density at radius 1 is 0.818 bits per heavy atom. The Morgan fingerprint density at radius 3 is 1.95 bits per heavy atom. The van der Waals surface area contributed by atoms with E-state index in [0.29, 0.717) is 32.3 Å². The van der Waals surface area contributed by atoms with E-state index in [1.54, 1.807) is 0 Å². The molecule has 0 spiro atoms. The first-order chi connectivity index (χ1) is 10.7. The Kier molecular flexibility index (Phi) is 15.5. The van der Waals surface area contributed by atoms with E-state index >= 15 is 0 Å². The largest absolute Gasteiger partial charge is 0.466 e. The average Bonchev–Trinajstić information content (AvgIpc) is 2.52. The first kappa shape index (κ1) is 20.9. The molecule has 0 heterocycles. The van der Waals surface area contributed by atoms with Crippen molar-refractivity contribution in [1.29, 1.82) is 0 Å². The second-order valence-corrected chi connectivity index (χ2v) is 5.82. The zero-order chi connectivity index (χ0) is 16.5. The van der Waals surface area contributed by atoms with Gasteiger partial charge in [0.05, 0.1) is 6.61 Å². The SMILES string of the molecule is CCCCCCCCCCCC(=O)OCCCCC(=O)NN. The zero-order valence-electron chi connectivity index (χ0n) is 14.2. The summed E-state index contributed by atoms with van der Waals surface area (Å²) in [7, 11) is 0. The molecule has 130 valence electrons. The van der Waals surface area contributed by atoms with Gasteiger partial charge >= 0.3 is 5.97 Å². The molecule has 0 radical (unpaired) electrons. The highest BCUT2D eigenvalue weighted by molar-refractivity contribution is 5.75. The maximum atomic E-state index is 11.5. The Morgan fingerprint density at radius 2 is 1.36 bits per heavy atom. The normalized spacial score (nSPS) is 10.5. The molecule has 3 N–H and O–H groups in total. The van der Waals surface area contributed by atoms with Crippen LogP contribution in [0.2, 0.25) is 0 Å². The molecule has 0 aromatic rings. The Balaban J connectivity index is 3.21. The van der Waals surface area contributed by atoms with Crippen LogP contribution in [0.25, 0.3) is 0 Å². The molecule has 0 fully saturated rings. The van der Waals surface area contributed by atoms with Crippen molar-refractivity contribution in [3.63, 3.8) is 0 Å². The minimum atomic E-state index is -0.180. The third-order valence-electron chi connectivity index (χ3n) is 3.71. The van der Waals surface area contributed by atoms with Gasteiger partial charge in [-0.1, -0.05) is 58.3 Å². The summed E-state index contributed by atoms with van der Waals surface area (Å²) in [6.45, 7) is 2.63. The topological polar surface area (TPSA) is 81.4 Å². The molecular weight excluding hydrogens is 280 g/mol. The summed E-state index contributed by atoms with van der Waals surface area (Å²) in [5.74, 6) is 4.67. The van der Waals surface area contributed by atoms with E-state index in [9.17, 15) is 9.59 Å². The van der Waals surface area contributed by atoms with E-state index in [1.165, 1.54) is 44.9 Å². The average molecular weight is 314 g/mol. The standard InChI is InChI=1S/C17H34N2O3/c1-2-3-4-5-6-7-8-9-10-14-17(21)22-15-12-11-13-16(20)19-18/h2-15,18H2,1H3,(H,19,20).